The van der Waals surface area contributed by atoms with Crippen LogP contribution >= 0.6 is 0 Å². The summed E-state index contributed by atoms with van der Waals surface area (Å²) in [4.78, 5) is 14.3. The Labute approximate surface area is 169 Å². The number of rotatable bonds is 7. The van der Waals surface area contributed by atoms with Crippen LogP contribution in [0.2, 0.25) is 0 Å². The van der Waals surface area contributed by atoms with Crippen molar-refractivity contribution in [3.05, 3.63) is 47.5 Å². The van der Waals surface area contributed by atoms with Gasteiger partial charge in [0.05, 0.1) is 13.0 Å². The van der Waals surface area contributed by atoms with Gasteiger partial charge in [-0.3, -0.25) is 9.69 Å². The summed E-state index contributed by atoms with van der Waals surface area (Å²) in [5.41, 5.74) is 0.848. The lowest BCUT2D eigenvalue weighted by atomic mass is 9.95. The quantitative estimate of drug-likeness (QED) is 0.616. The van der Waals surface area contributed by atoms with Crippen molar-refractivity contribution in [2.24, 2.45) is 0 Å². The molecule has 2 aromatic rings. The number of ketones is 1. The topological polar surface area (TPSA) is 99.5 Å². The minimum Gasteiger partial charge on any atom is -0.508 e. The molecule has 0 spiro atoms. The van der Waals surface area contributed by atoms with Crippen LogP contribution in [0.5, 0.6) is 23.0 Å². The van der Waals surface area contributed by atoms with Gasteiger partial charge in [0.15, 0.2) is 5.78 Å². The maximum atomic E-state index is 12.5. The molecule has 1 aliphatic rings. The molecule has 0 aliphatic carbocycles. The van der Waals surface area contributed by atoms with Crippen LogP contribution in [0.15, 0.2) is 36.4 Å². The van der Waals surface area contributed by atoms with Gasteiger partial charge in [-0.2, -0.15) is 0 Å². The summed E-state index contributed by atoms with van der Waals surface area (Å²) >= 11 is 0. The summed E-state index contributed by atoms with van der Waals surface area (Å²) in [7, 11) is 1.79. The average Bonchev–Trinajstić information content (AvgIpc) is 2.66. The van der Waals surface area contributed by atoms with Gasteiger partial charge < -0.3 is 24.8 Å². The number of benzene rings is 2. The Morgan fingerprint density at radius 3 is 2.72 bits per heavy atom. The number of aliphatic hydroxyl groups is 1. The number of likely N-dealkylation sites (N-methyl/N-ethyl adjacent to an activating group) is 1. The van der Waals surface area contributed by atoms with E-state index >= 15 is 0 Å². The fraction of sp³-hybridized carbons (Fsp3) is 0.318. The van der Waals surface area contributed by atoms with E-state index in [0.717, 1.165) is 5.56 Å². The van der Waals surface area contributed by atoms with Gasteiger partial charge in [-0.25, -0.2) is 0 Å². The van der Waals surface area contributed by atoms with Gasteiger partial charge in [-0.05, 0) is 24.7 Å². The van der Waals surface area contributed by atoms with Crippen LogP contribution in [0.3, 0.4) is 0 Å². The second-order valence-corrected chi connectivity index (χ2v) is 7.01. The fourth-order valence-electron chi connectivity index (χ4n) is 3.20. The van der Waals surface area contributed by atoms with E-state index in [1.54, 1.807) is 24.1 Å². The van der Waals surface area contributed by atoms with Gasteiger partial charge in [0, 0.05) is 18.7 Å². The minimum atomic E-state index is -0.779. The second kappa shape index (κ2) is 8.86. The standard InChI is InChI=1S/C22H23NO6/c1-3-8-23(2)12-16(25)13-28-17-9-18(26)22-19(27)11-20(29-21(22)10-17)14-4-6-15(24)7-5-14/h1,4-7,9-10,16,20,24-26H,8,11-13H2,2H3. The molecule has 0 amide bonds. The molecule has 7 nitrogen and oxygen atoms in total. The number of carbonyl (C=O) groups excluding carboxylic acids is 1. The van der Waals surface area contributed by atoms with Gasteiger partial charge in [0.25, 0.3) is 0 Å². The Bertz CT molecular complexity index is 918. The summed E-state index contributed by atoms with van der Waals surface area (Å²) in [6, 6.07) is 9.27. The van der Waals surface area contributed by atoms with Crippen molar-refractivity contribution in [3.8, 4) is 35.3 Å². The molecular weight excluding hydrogens is 374 g/mol. The zero-order valence-electron chi connectivity index (χ0n) is 16.0. The average molecular weight is 397 g/mol. The monoisotopic (exact) mass is 397 g/mol. The molecule has 3 N–H and O–H groups in total. The SMILES string of the molecule is C#CCN(C)CC(O)COc1cc(O)c2c(c1)OC(c1ccc(O)cc1)CC2=O. The van der Waals surface area contributed by atoms with E-state index < -0.39 is 12.2 Å². The third-order valence-corrected chi connectivity index (χ3v) is 4.56. The number of aliphatic hydroxyl groups excluding tert-OH is 1. The molecule has 3 rings (SSSR count). The van der Waals surface area contributed by atoms with E-state index in [-0.39, 0.29) is 47.4 Å². The zero-order valence-corrected chi connectivity index (χ0v) is 16.0. The van der Waals surface area contributed by atoms with Gasteiger partial charge in [0.2, 0.25) is 0 Å². The molecule has 0 radical (unpaired) electrons. The lowest BCUT2D eigenvalue weighted by molar-refractivity contribution is 0.0782. The second-order valence-electron chi connectivity index (χ2n) is 7.01. The van der Waals surface area contributed by atoms with E-state index in [9.17, 15) is 20.1 Å². The Morgan fingerprint density at radius 2 is 2.03 bits per heavy atom. The van der Waals surface area contributed by atoms with Gasteiger partial charge in [-0.1, -0.05) is 18.1 Å². The number of nitrogens with zero attached hydrogens (tertiary/aromatic N) is 1. The first-order chi connectivity index (χ1) is 13.9. The maximum absolute atomic E-state index is 12.5. The molecule has 7 heteroatoms. The van der Waals surface area contributed by atoms with Gasteiger partial charge >= 0.3 is 0 Å². The van der Waals surface area contributed by atoms with Crippen LogP contribution in [0.25, 0.3) is 0 Å². The molecule has 1 heterocycles. The Hall–Kier alpha value is -3.21. The molecule has 0 saturated carbocycles. The highest BCUT2D eigenvalue weighted by molar-refractivity contribution is 6.02. The number of ether oxygens (including phenoxy) is 2. The van der Waals surface area contributed by atoms with Crippen LogP contribution in [-0.4, -0.2) is 58.9 Å². The number of fused-ring (bicyclic) bond motifs is 1. The highest BCUT2D eigenvalue weighted by Crippen LogP contribution is 2.42. The van der Waals surface area contributed by atoms with Gasteiger partial charge in [-0.15, -0.1) is 6.42 Å². The van der Waals surface area contributed by atoms with E-state index in [1.807, 2.05) is 0 Å². The van der Waals surface area contributed by atoms with E-state index in [2.05, 4.69) is 5.92 Å². The summed E-state index contributed by atoms with van der Waals surface area (Å²) in [6.07, 6.45) is 4.00. The molecule has 0 fully saturated rings. The number of aromatic hydroxyl groups is 2. The summed E-state index contributed by atoms with van der Waals surface area (Å²) in [6.45, 7) is 0.729. The molecule has 0 bridgehead atoms. The van der Waals surface area contributed by atoms with Crippen LogP contribution in [0, 0.1) is 12.3 Å². The number of phenolic OH excluding ortho intramolecular Hbond substituents is 2. The molecule has 2 atom stereocenters. The minimum absolute atomic E-state index is 0.0114. The number of terminal acetylenes is 1. The molecule has 1 aliphatic heterocycles. The van der Waals surface area contributed by atoms with Crippen LogP contribution < -0.4 is 9.47 Å². The highest BCUT2D eigenvalue weighted by Gasteiger charge is 2.31. The number of phenols is 2. The predicted octanol–water partition coefficient (Wildman–Crippen LogP) is 2.11. The van der Waals surface area contributed by atoms with Crippen LogP contribution in [0.1, 0.15) is 28.4 Å². The van der Waals surface area contributed by atoms with E-state index in [0.29, 0.717) is 13.1 Å². The molecular formula is C22H23NO6. The molecule has 0 aromatic heterocycles. The first-order valence-electron chi connectivity index (χ1n) is 9.16. The van der Waals surface area contributed by atoms with E-state index in [1.165, 1.54) is 24.3 Å². The lowest BCUT2D eigenvalue weighted by Crippen LogP contribution is -2.33. The summed E-state index contributed by atoms with van der Waals surface area (Å²) in [5.74, 6) is 2.63. The maximum Gasteiger partial charge on any atom is 0.174 e. The smallest absolute Gasteiger partial charge is 0.174 e. The largest absolute Gasteiger partial charge is 0.508 e. The van der Waals surface area contributed by atoms with Crippen molar-refractivity contribution >= 4 is 5.78 Å². The van der Waals surface area contributed by atoms with Crippen molar-refractivity contribution in [3.63, 3.8) is 0 Å². The molecule has 0 saturated heterocycles. The Kier molecular flexibility index (Phi) is 6.27. The highest BCUT2D eigenvalue weighted by atomic mass is 16.5. The zero-order chi connectivity index (χ0) is 21.0. The molecule has 152 valence electrons. The third kappa shape index (κ3) is 4.99. The van der Waals surface area contributed by atoms with Crippen molar-refractivity contribution in [1.29, 1.82) is 0 Å². The van der Waals surface area contributed by atoms with E-state index in [4.69, 9.17) is 15.9 Å². The number of carbonyl (C=O) groups is 1. The number of hydrogen-bond donors (Lipinski definition) is 3. The molecule has 29 heavy (non-hydrogen) atoms. The Balaban J connectivity index is 1.73. The predicted molar refractivity (Wildman–Crippen MR) is 106 cm³/mol. The number of Topliss-reactive ketones (excluding diaryl/α,β-unsaturated/α-hetero) is 1. The van der Waals surface area contributed by atoms with Crippen molar-refractivity contribution in [2.75, 3.05) is 26.7 Å². The molecule has 2 aromatic carbocycles. The normalized spacial score (nSPS) is 16.6. The van der Waals surface area contributed by atoms with Crippen molar-refractivity contribution in [2.45, 2.75) is 18.6 Å². The van der Waals surface area contributed by atoms with Crippen LogP contribution in [-0.2, 0) is 0 Å². The first-order valence-corrected chi connectivity index (χ1v) is 9.16. The molecule has 2 unspecified atom stereocenters. The van der Waals surface area contributed by atoms with Gasteiger partial charge in [0.1, 0.15) is 47.4 Å². The van der Waals surface area contributed by atoms with Crippen LogP contribution in [0.4, 0.5) is 0 Å². The van der Waals surface area contributed by atoms with Crippen molar-refractivity contribution < 1.29 is 29.6 Å². The Morgan fingerprint density at radius 1 is 1.31 bits per heavy atom. The third-order valence-electron chi connectivity index (χ3n) is 4.56. The van der Waals surface area contributed by atoms with Crippen molar-refractivity contribution in [1.82, 2.24) is 4.90 Å². The summed E-state index contributed by atoms with van der Waals surface area (Å²) < 4.78 is 11.5. The lowest BCUT2D eigenvalue weighted by Gasteiger charge is -2.26. The number of hydrogen-bond acceptors (Lipinski definition) is 7. The summed E-state index contributed by atoms with van der Waals surface area (Å²) in [5, 5.41) is 29.8. The fourth-order valence-corrected chi connectivity index (χ4v) is 3.20. The first kappa shape index (κ1) is 20.5.